The zero-order valence-corrected chi connectivity index (χ0v) is 20.4. The molecule has 2 aromatic heterocycles. The van der Waals surface area contributed by atoms with Gasteiger partial charge < -0.3 is 10.0 Å². The van der Waals surface area contributed by atoms with Crippen LogP contribution in [0.1, 0.15) is 47.8 Å². The Bertz CT molecular complexity index is 1450. The van der Waals surface area contributed by atoms with Crippen LogP contribution < -0.4 is 4.90 Å². The van der Waals surface area contributed by atoms with Gasteiger partial charge in [0.25, 0.3) is 0 Å². The number of hydrogen-bond donors (Lipinski definition) is 1. The summed E-state index contributed by atoms with van der Waals surface area (Å²) in [5.41, 5.74) is 7.15. The number of amides is 1. The van der Waals surface area contributed by atoms with Gasteiger partial charge >= 0.3 is 5.97 Å². The van der Waals surface area contributed by atoms with Gasteiger partial charge in [-0.25, -0.2) is 9.78 Å². The summed E-state index contributed by atoms with van der Waals surface area (Å²) >= 11 is 0. The van der Waals surface area contributed by atoms with Crippen LogP contribution >= 0.6 is 0 Å². The first-order chi connectivity index (χ1) is 16.3. The van der Waals surface area contributed by atoms with Gasteiger partial charge in [-0.15, -0.1) is 0 Å². The smallest absolute Gasteiger partial charge is 0.354 e. The molecule has 3 heterocycles. The fraction of sp³-hybridized carbons (Fsp3) is 0.214. The fourth-order valence-corrected chi connectivity index (χ4v) is 4.71. The molecule has 1 N–H and O–H groups in total. The minimum absolute atomic E-state index is 0. The number of fused-ring (bicyclic) bond motifs is 2. The number of carboxylic acid groups (broad SMARTS) is 1. The average Bonchev–Trinajstić information content (AvgIpc) is 2.85. The molecule has 1 aliphatic heterocycles. The van der Waals surface area contributed by atoms with Crippen molar-refractivity contribution in [3.8, 4) is 22.4 Å². The monoisotopic (exact) mass is 458 g/mol. The number of aromatic carboxylic acids is 1. The van der Waals surface area contributed by atoms with E-state index in [1.165, 1.54) is 23.4 Å². The van der Waals surface area contributed by atoms with E-state index in [-0.39, 0.29) is 30.5 Å². The first-order valence-corrected chi connectivity index (χ1v) is 11.4. The van der Waals surface area contributed by atoms with Crippen LogP contribution in [0, 0.1) is 0 Å². The molecule has 1 amide bonds. The van der Waals surface area contributed by atoms with Gasteiger partial charge in [0.15, 0.2) is 0 Å². The van der Waals surface area contributed by atoms with Gasteiger partial charge in [-0.2, -0.15) is 0 Å². The van der Waals surface area contributed by atoms with Crippen LogP contribution in [-0.4, -0.2) is 52.9 Å². The largest absolute Gasteiger partial charge is 0.477 e. The van der Waals surface area contributed by atoms with Gasteiger partial charge in [0.05, 0.1) is 5.69 Å². The SMILES string of the molecule is CC(C)c1cc(-c2cccc3cc(-c4ccc(C(=O)O)nc4)ncc23)cc2c1CCC(=O)N2C.[Li]. The van der Waals surface area contributed by atoms with Crippen molar-refractivity contribution >= 4 is 47.2 Å². The molecule has 7 heteroatoms. The van der Waals surface area contributed by atoms with E-state index in [0.29, 0.717) is 12.3 Å². The Balaban J connectivity index is 0.00000289. The number of pyridine rings is 2. The maximum absolute atomic E-state index is 12.4. The van der Waals surface area contributed by atoms with Crippen molar-refractivity contribution in [1.29, 1.82) is 0 Å². The van der Waals surface area contributed by atoms with E-state index in [1.54, 1.807) is 11.0 Å². The van der Waals surface area contributed by atoms with Crippen LogP contribution in [0.4, 0.5) is 5.69 Å². The van der Waals surface area contributed by atoms with E-state index < -0.39 is 5.97 Å². The van der Waals surface area contributed by atoms with Crippen molar-refractivity contribution in [3.63, 3.8) is 0 Å². The fourth-order valence-electron chi connectivity index (χ4n) is 4.71. The van der Waals surface area contributed by atoms with Crippen LogP contribution in [-0.2, 0) is 11.2 Å². The van der Waals surface area contributed by atoms with E-state index >= 15 is 0 Å². The molecule has 0 fully saturated rings. The van der Waals surface area contributed by atoms with E-state index in [2.05, 4.69) is 42.0 Å². The van der Waals surface area contributed by atoms with Gasteiger partial charge in [-0.1, -0.05) is 38.1 Å². The molecule has 2 aromatic carbocycles. The molecule has 6 nitrogen and oxygen atoms in total. The second-order valence-corrected chi connectivity index (χ2v) is 9.00. The second kappa shape index (κ2) is 9.65. The first-order valence-electron chi connectivity index (χ1n) is 11.4. The number of aromatic nitrogens is 2. The summed E-state index contributed by atoms with van der Waals surface area (Å²) in [7, 11) is 1.86. The Morgan fingerprint density at radius 2 is 1.80 bits per heavy atom. The van der Waals surface area contributed by atoms with Crippen molar-refractivity contribution in [2.75, 3.05) is 11.9 Å². The summed E-state index contributed by atoms with van der Waals surface area (Å²) in [5.74, 6) is -0.566. The molecule has 0 spiro atoms. The minimum atomic E-state index is -1.05. The molecule has 0 saturated heterocycles. The van der Waals surface area contributed by atoms with Gasteiger partial charge in [-0.05, 0) is 64.2 Å². The van der Waals surface area contributed by atoms with Crippen molar-refractivity contribution in [3.05, 3.63) is 77.7 Å². The number of carbonyl (C=O) groups excluding carboxylic acids is 1. The molecule has 0 unspecified atom stereocenters. The number of nitrogens with zero attached hydrogens (tertiary/aromatic N) is 3. The molecule has 35 heavy (non-hydrogen) atoms. The maximum atomic E-state index is 12.4. The molecule has 1 aliphatic rings. The van der Waals surface area contributed by atoms with Crippen LogP contribution in [0.2, 0.25) is 0 Å². The zero-order chi connectivity index (χ0) is 24.0. The summed E-state index contributed by atoms with van der Waals surface area (Å²) in [6.45, 7) is 4.38. The number of rotatable bonds is 4. The molecular weight excluding hydrogens is 433 g/mol. The quantitative estimate of drug-likeness (QED) is 0.419. The Labute approximate surface area is 216 Å². The van der Waals surface area contributed by atoms with E-state index in [4.69, 9.17) is 5.11 Å². The van der Waals surface area contributed by atoms with Crippen LogP contribution in [0.15, 0.2) is 60.9 Å². The van der Waals surface area contributed by atoms with Crippen molar-refractivity contribution < 1.29 is 14.7 Å². The van der Waals surface area contributed by atoms with E-state index in [9.17, 15) is 9.59 Å². The molecule has 0 atom stereocenters. The van der Waals surface area contributed by atoms with Crippen LogP contribution in [0.25, 0.3) is 33.2 Å². The summed E-state index contributed by atoms with van der Waals surface area (Å²) in [6, 6.07) is 15.7. The van der Waals surface area contributed by atoms with Crippen LogP contribution in [0.3, 0.4) is 0 Å². The molecule has 0 saturated carbocycles. The molecular formula is C28H25LiN3O3. The van der Waals surface area contributed by atoms with Crippen molar-refractivity contribution in [2.24, 2.45) is 0 Å². The predicted octanol–water partition coefficient (Wildman–Crippen LogP) is 5.31. The van der Waals surface area contributed by atoms with Crippen LogP contribution in [0.5, 0.6) is 0 Å². The predicted molar refractivity (Wildman–Crippen MR) is 139 cm³/mol. The van der Waals surface area contributed by atoms with Gasteiger partial charge in [-0.3, -0.25) is 9.78 Å². The number of anilines is 1. The third kappa shape index (κ3) is 4.48. The molecule has 5 rings (SSSR count). The summed E-state index contributed by atoms with van der Waals surface area (Å²) < 4.78 is 0. The number of hydrogen-bond acceptors (Lipinski definition) is 4. The Morgan fingerprint density at radius 3 is 2.49 bits per heavy atom. The Morgan fingerprint density at radius 1 is 1.00 bits per heavy atom. The van der Waals surface area contributed by atoms with Gasteiger partial charge in [0.1, 0.15) is 5.69 Å². The van der Waals surface area contributed by atoms with Crippen molar-refractivity contribution in [1.82, 2.24) is 9.97 Å². The third-order valence-corrected chi connectivity index (χ3v) is 6.56. The standard InChI is InChI=1S/C28H25N3O3.Li/c1-16(2)22-11-19(13-26-21(22)8-10-27(32)31(26)3)20-6-4-5-17-12-25(30-15-23(17)20)18-7-9-24(28(33)34)29-14-18;/h4-7,9,11-16H,8,10H2,1-3H3,(H,33,34);. The zero-order valence-electron chi connectivity index (χ0n) is 20.4. The van der Waals surface area contributed by atoms with Gasteiger partial charge in [0.2, 0.25) is 5.91 Å². The molecule has 4 aromatic rings. The Kier molecular flexibility index (Phi) is 6.80. The third-order valence-electron chi connectivity index (χ3n) is 6.56. The minimum Gasteiger partial charge on any atom is -0.477 e. The Hall–Kier alpha value is -3.46. The maximum Gasteiger partial charge on any atom is 0.354 e. The summed E-state index contributed by atoms with van der Waals surface area (Å²) in [5, 5.41) is 11.1. The first kappa shape index (κ1) is 24.7. The molecule has 0 aliphatic carbocycles. The topological polar surface area (TPSA) is 83.4 Å². The van der Waals surface area contributed by atoms with Crippen molar-refractivity contribution in [2.45, 2.75) is 32.6 Å². The van der Waals surface area contributed by atoms with Gasteiger partial charge in [0, 0.05) is 61.4 Å². The molecule has 0 bridgehead atoms. The van der Waals surface area contributed by atoms with E-state index in [1.807, 2.05) is 31.4 Å². The summed E-state index contributed by atoms with van der Waals surface area (Å²) in [6.07, 6.45) is 4.72. The second-order valence-electron chi connectivity index (χ2n) is 9.00. The summed E-state index contributed by atoms with van der Waals surface area (Å²) in [4.78, 5) is 33.9. The number of carboxylic acids is 1. The van der Waals surface area contributed by atoms with E-state index in [0.717, 1.165) is 45.3 Å². The molecule has 171 valence electrons. The number of benzene rings is 2. The number of carbonyl (C=O) groups is 2. The average molecular weight is 458 g/mol. The normalized spacial score (nSPS) is 13.0. The molecule has 1 radical (unpaired) electrons.